The highest BCUT2D eigenvalue weighted by Gasteiger charge is 2.25. The number of benzene rings is 2. The highest BCUT2D eigenvalue weighted by molar-refractivity contribution is 7.93. The molecular formula is C28H33N3O5S2. The number of nitrogens with one attached hydrogen (secondary N) is 1. The summed E-state index contributed by atoms with van der Waals surface area (Å²) in [6.45, 7) is 1.29. The van der Waals surface area contributed by atoms with E-state index in [1.807, 2.05) is 30.3 Å². The maximum atomic E-state index is 13.2. The number of aryl methyl sites for hydroxylation is 2. The molecule has 1 heterocycles. The lowest BCUT2D eigenvalue weighted by atomic mass is 9.99. The number of ether oxygens (including phenoxy) is 2. The number of carbonyl (C=O) groups is 1. The van der Waals surface area contributed by atoms with Crippen LogP contribution in [0.4, 0.5) is 10.5 Å². The average molecular weight is 556 g/mol. The van der Waals surface area contributed by atoms with Gasteiger partial charge in [-0.05, 0) is 78.5 Å². The molecule has 8 nitrogen and oxygen atoms in total. The predicted octanol–water partition coefficient (Wildman–Crippen LogP) is 4.93. The molecule has 0 spiro atoms. The molecule has 0 aliphatic heterocycles. The number of nitrogens with two attached hydrogens (primary N) is 1. The van der Waals surface area contributed by atoms with Gasteiger partial charge in [0.15, 0.2) is 9.92 Å². The number of thiophene rings is 1. The van der Waals surface area contributed by atoms with E-state index in [9.17, 15) is 14.1 Å². The molecule has 2 aliphatic rings. The van der Waals surface area contributed by atoms with Gasteiger partial charge in [-0.25, -0.2) is 14.1 Å². The van der Waals surface area contributed by atoms with Crippen LogP contribution in [0.5, 0.6) is 0 Å². The molecule has 0 unspecified atom stereocenters. The topological polar surface area (TPSA) is 123 Å². The summed E-state index contributed by atoms with van der Waals surface area (Å²) in [5.41, 5.74) is 6.84. The molecule has 202 valence electrons. The van der Waals surface area contributed by atoms with Gasteiger partial charge in [0.2, 0.25) is 0 Å². The van der Waals surface area contributed by atoms with Gasteiger partial charge in [0, 0.05) is 10.6 Å². The van der Waals surface area contributed by atoms with Crippen molar-refractivity contribution in [2.24, 2.45) is 9.50 Å². The lowest BCUT2D eigenvalue weighted by molar-refractivity contribution is 0.000590. The Kier molecular flexibility index (Phi) is 8.57. The summed E-state index contributed by atoms with van der Waals surface area (Å²) in [5.74, 6) is 0. The predicted molar refractivity (Wildman–Crippen MR) is 149 cm³/mol. The van der Waals surface area contributed by atoms with Crippen LogP contribution in [0.3, 0.4) is 0 Å². The summed E-state index contributed by atoms with van der Waals surface area (Å²) in [7, 11) is -3.47. The van der Waals surface area contributed by atoms with E-state index in [-0.39, 0.29) is 10.8 Å². The van der Waals surface area contributed by atoms with Crippen molar-refractivity contribution in [3.63, 3.8) is 0 Å². The molecule has 2 amide bonds. The van der Waals surface area contributed by atoms with Gasteiger partial charge in [-0.3, -0.25) is 0 Å². The number of aliphatic hydroxyl groups is 1. The molecular weight excluding hydrogens is 522 g/mol. The van der Waals surface area contributed by atoms with Crippen molar-refractivity contribution >= 4 is 33.0 Å². The number of aliphatic hydroxyl groups excluding tert-OH is 1. The van der Waals surface area contributed by atoms with Crippen LogP contribution in [0.1, 0.15) is 51.6 Å². The standard InChI is InChI=1S/C28H33N3O5S2/c29-38(34,31-28(33)30-27-22-10-4-8-20(22)16-21-9-5-11-23(21)27)26-13-12-25(37-26)24(32)18-36-15-14-35-17-19-6-2-1-3-7-19/h1-3,6-7,12-13,16,24,32H,4-5,8-11,14-15,17-18H2,(H3,29,30,31,33,34)/t24-,38-/m0/s1. The maximum Gasteiger partial charge on any atom is 0.354 e. The molecule has 2 atom stereocenters. The molecule has 2 aromatic carbocycles. The zero-order valence-electron chi connectivity index (χ0n) is 21.2. The lowest BCUT2D eigenvalue weighted by Crippen LogP contribution is -2.18. The largest absolute Gasteiger partial charge is 0.385 e. The Bertz CT molecular complexity index is 1380. The van der Waals surface area contributed by atoms with Gasteiger partial charge in [-0.15, -0.1) is 15.7 Å². The van der Waals surface area contributed by atoms with Crippen molar-refractivity contribution in [1.82, 2.24) is 0 Å². The summed E-state index contributed by atoms with van der Waals surface area (Å²) in [5, 5.41) is 19.4. The molecule has 1 aromatic heterocycles. The molecule has 3 aromatic rings. The summed E-state index contributed by atoms with van der Waals surface area (Å²) in [4.78, 5) is 13.4. The lowest BCUT2D eigenvalue weighted by Gasteiger charge is -2.15. The number of nitrogens with zero attached hydrogens (tertiary/aromatic N) is 1. The van der Waals surface area contributed by atoms with Crippen molar-refractivity contribution in [3.8, 4) is 0 Å². The second-order valence-corrected chi connectivity index (χ2v) is 12.7. The zero-order valence-corrected chi connectivity index (χ0v) is 22.8. The number of anilines is 1. The Balaban J connectivity index is 1.16. The van der Waals surface area contributed by atoms with Crippen LogP contribution in [0.25, 0.3) is 0 Å². The molecule has 5 rings (SSSR count). The van der Waals surface area contributed by atoms with E-state index in [1.165, 1.54) is 22.3 Å². The Morgan fingerprint density at radius 3 is 2.42 bits per heavy atom. The fraction of sp³-hybridized carbons (Fsp3) is 0.393. The number of carbonyl (C=O) groups excluding carboxylic acids is 1. The van der Waals surface area contributed by atoms with Crippen molar-refractivity contribution in [1.29, 1.82) is 0 Å². The average Bonchev–Trinajstić information content (AvgIpc) is 3.67. The fourth-order valence-electron chi connectivity index (χ4n) is 5.09. The molecule has 38 heavy (non-hydrogen) atoms. The quantitative estimate of drug-likeness (QED) is 0.306. The third-order valence-electron chi connectivity index (χ3n) is 6.90. The number of fused-ring (bicyclic) bond motifs is 2. The normalized spacial score (nSPS) is 16.5. The van der Waals surface area contributed by atoms with Gasteiger partial charge in [-0.1, -0.05) is 36.4 Å². The first-order valence-electron chi connectivity index (χ1n) is 12.9. The number of hydrogen-bond acceptors (Lipinski definition) is 6. The van der Waals surface area contributed by atoms with Crippen LogP contribution in [-0.4, -0.2) is 35.2 Å². The second kappa shape index (κ2) is 12.1. The van der Waals surface area contributed by atoms with Crippen LogP contribution >= 0.6 is 11.3 Å². The first-order chi connectivity index (χ1) is 18.4. The molecule has 10 heteroatoms. The van der Waals surface area contributed by atoms with Crippen LogP contribution in [0.2, 0.25) is 0 Å². The van der Waals surface area contributed by atoms with E-state index < -0.39 is 22.1 Å². The molecule has 0 saturated heterocycles. The van der Waals surface area contributed by atoms with E-state index in [0.29, 0.717) is 24.7 Å². The van der Waals surface area contributed by atoms with Crippen LogP contribution in [0.15, 0.2) is 57.1 Å². The summed E-state index contributed by atoms with van der Waals surface area (Å²) in [6, 6.07) is 14.6. The summed E-state index contributed by atoms with van der Waals surface area (Å²) < 4.78 is 28.4. The maximum absolute atomic E-state index is 13.2. The van der Waals surface area contributed by atoms with Gasteiger partial charge in [0.1, 0.15) is 10.3 Å². The van der Waals surface area contributed by atoms with Gasteiger partial charge in [0.25, 0.3) is 0 Å². The smallest absolute Gasteiger partial charge is 0.354 e. The number of urea groups is 1. The number of amides is 2. The summed E-state index contributed by atoms with van der Waals surface area (Å²) >= 11 is 1.07. The third kappa shape index (κ3) is 6.33. The van der Waals surface area contributed by atoms with Gasteiger partial charge < -0.3 is 19.9 Å². The molecule has 4 N–H and O–H groups in total. The Labute approximate surface area is 227 Å². The minimum Gasteiger partial charge on any atom is -0.385 e. The van der Waals surface area contributed by atoms with E-state index >= 15 is 0 Å². The van der Waals surface area contributed by atoms with Crippen molar-refractivity contribution in [3.05, 3.63) is 81.2 Å². The van der Waals surface area contributed by atoms with Gasteiger partial charge >= 0.3 is 6.03 Å². The fourth-order valence-corrected chi connectivity index (χ4v) is 7.33. The third-order valence-corrected chi connectivity index (χ3v) is 10.00. The monoisotopic (exact) mass is 555 g/mol. The minimum atomic E-state index is -3.47. The van der Waals surface area contributed by atoms with E-state index in [4.69, 9.17) is 14.6 Å². The molecule has 2 aliphatic carbocycles. The number of rotatable bonds is 10. The van der Waals surface area contributed by atoms with Crippen LogP contribution in [-0.2, 0) is 51.7 Å². The summed E-state index contributed by atoms with van der Waals surface area (Å²) in [6.07, 6.45) is 5.09. The van der Waals surface area contributed by atoms with Crippen molar-refractivity contribution in [2.75, 3.05) is 25.1 Å². The number of hydrogen-bond donors (Lipinski definition) is 3. The van der Waals surface area contributed by atoms with Gasteiger partial charge in [0.05, 0.1) is 26.4 Å². The molecule has 0 bridgehead atoms. The van der Waals surface area contributed by atoms with E-state index in [2.05, 4.69) is 15.7 Å². The van der Waals surface area contributed by atoms with Crippen LogP contribution in [0, 0.1) is 0 Å². The molecule has 0 fully saturated rings. The van der Waals surface area contributed by atoms with Crippen molar-refractivity contribution in [2.45, 2.75) is 55.4 Å². The highest BCUT2D eigenvalue weighted by Crippen LogP contribution is 2.38. The zero-order chi connectivity index (χ0) is 26.5. The Morgan fingerprint density at radius 2 is 1.71 bits per heavy atom. The van der Waals surface area contributed by atoms with Crippen molar-refractivity contribution < 1.29 is 23.6 Å². The van der Waals surface area contributed by atoms with E-state index in [1.54, 1.807) is 12.1 Å². The second-order valence-electron chi connectivity index (χ2n) is 9.61. The SMILES string of the molecule is N[S@](=O)(=NC(=O)Nc1c2c(cc3c1CCC3)CCC2)c1ccc([C@@H](O)COCCOCc2ccccc2)s1. The van der Waals surface area contributed by atoms with Crippen LogP contribution < -0.4 is 10.5 Å². The molecule has 0 saturated carbocycles. The Hall–Kier alpha value is -2.60. The first-order valence-corrected chi connectivity index (χ1v) is 15.3. The van der Waals surface area contributed by atoms with Gasteiger partial charge in [-0.2, -0.15) is 0 Å². The molecule has 0 radical (unpaired) electrons. The first kappa shape index (κ1) is 27.0. The highest BCUT2D eigenvalue weighted by atomic mass is 32.2. The van der Waals surface area contributed by atoms with E-state index in [0.717, 1.165) is 61.1 Å². The minimum absolute atomic E-state index is 0.0578. The Morgan fingerprint density at radius 1 is 1.03 bits per heavy atom.